The third-order valence-electron chi connectivity index (χ3n) is 1.59. The molecule has 1 aliphatic rings. The van der Waals surface area contributed by atoms with Crippen molar-refractivity contribution in [3.8, 4) is 0 Å². The predicted molar refractivity (Wildman–Crippen MR) is 35.1 cm³/mol. The third-order valence-corrected chi connectivity index (χ3v) is 1.59. The molecule has 1 aliphatic heterocycles. The molecule has 1 aromatic rings. The Morgan fingerprint density at radius 3 is 3.33 bits per heavy atom. The Morgan fingerprint density at radius 2 is 2.44 bits per heavy atom. The first kappa shape index (κ1) is 4.79. The number of fused-ring (bicyclic) bond motifs is 1. The van der Waals surface area contributed by atoms with Gasteiger partial charge in [0, 0.05) is 24.9 Å². The van der Waals surface area contributed by atoms with Crippen molar-refractivity contribution in [1.29, 1.82) is 0 Å². The molecule has 0 N–H and O–H groups in total. The average Bonchev–Trinajstić information content (AvgIpc) is 2.33. The Hall–Kier alpha value is -1.05. The lowest BCUT2D eigenvalue weighted by molar-refractivity contribution is 0.751. The van der Waals surface area contributed by atoms with Crippen LogP contribution in [-0.4, -0.2) is 9.55 Å². The van der Waals surface area contributed by atoms with Gasteiger partial charge in [0.15, 0.2) is 0 Å². The number of hydrogen-bond acceptors (Lipinski definition) is 1. The smallest absolute Gasteiger partial charge is 0.0951 e. The molecule has 0 saturated heterocycles. The van der Waals surface area contributed by atoms with Gasteiger partial charge in [-0.2, -0.15) is 0 Å². The Morgan fingerprint density at radius 1 is 1.44 bits per heavy atom. The van der Waals surface area contributed by atoms with Crippen LogP contribution >= 0.6 is 0 Å². The van der Waals surface area contributed by atoms with Crippen molar-refractivity contribution in [3.05, 3.63) is 30.4 Å². The number of imidazole rings is 1. The zero-order chi connectivity index (χ0) is 6.10. The van der Waals surface area contributed by atoms with Crippen LogP contribution in [0.5, 0.6) is 0 Å². The molecule has 0 aliphatic carbocycles. The van der Waals surface area contributed by atoms with Crippen molar-refractivity contribution in [2.75, 3.05) is 0 Å². The number of hydrogen-bond donors (Lipinski definition) is 0. The molecule has 0 bridgehead atoms. The standard InChI is InChI=1S/C7H8N2/c1-2-4-9-6-8-5-7(9)3-1/h1-2,5-6H,3-4H2. The quantitative estimate of drug-likeness (QED) is 0.467. The summed E-state index contributed by atoms with van der Waals surface area (Å²) in [5, 5.41) is 0. The lowest BCUT2D eigenvalue weighted by Crippen LogP contribution is -2.02. The van der Waals surface area contributed by atoms with Crippen molar-refractivity contribution in [3.63, 3.8) is 0 Å². The average molecular weight is 120 g/mol. The SMILES string of the molecule is C1=CCn2cncc2C1. The number of aromatic nitrogens is 2. The van der Waals surface area contributed by atoms with Crippen LogP contribution in [0.1, 0.15) is 5.69 Å². The molecule has 0 aromatic carbocycles. The lowest BCUT2D eigenvalue weighted by Gasteiger charge is -2.06. The normalized spacial score (nSPS) is 15.6. The van der Waals surface area contributed by atoms with Crippen LogP contribution in [0.2, 0.25) is 0 Å². The maximum Gasteiger partial charge on any atom is 0.0951 e. The van der Waals surface area contributed by atoms with E-state index in [9.17, 15) is 0 Å². The summed E-state index contributed by atoms with van der Waals surface area (Å²) < 4.78 is 2.15. The van der Waals surface area contributed by atoms with E-state index in [-0.39, 0.29) is 0 Å². The fraction of sp³-hybridized carbons (Fsp3) is 0.286. The van der Waals surface area contributed by atoms with E-state index in [2.05, 4.69) is 21.7 Å². The van der Waals surface area contributed by atoms with E-state index >= 15 is 0 Å². The summed E-state index contributed by atoms with van der Waals surface area (Å²) in [5.74, 6) is 0. The van der Waals surface area contributed by atoms with Crippen molar-refractivity contribution in [2.45, 2.75) is 13.0 Å². The first-order valence-corrected chi connectivity index (χ1v) is 3.11. The second kappa shape index (κ2) is 1.72. The zero-order valence-corrected chi connectivity index (χ0v) is 5.12. The summed E-state index contributed by atoms with van der Waals surface area (Å²) in [6.07, 6.45) is 9.17. The second-order valence-corrected chi connectivity index (χ2v) is 2.21. The number of rotatable bonds is 0. The molecule has 0 atom stereocenters. The molecule has 2 heterocycles. The van der Waals surface area contributed by atoms with Crippen LogP contribution in [0, 0.1) is 0 Å². The Labute approximate surface area is 53.8 Å². The molecule has 9 heavy (non-hydrogen) atoms. The molecule has 1 aromatic heterocycles. The van der Waals surface area contributed by atoms with Gasteiger partial charge in [0.1, 0.15) is 0 Å². The van der Waals surface area contributed by atoms with E-state index in [0.717, 1.165) is 13.0 Å². The lowest BCUT2D eigenvalue weighted by atomic mass is 10.2. The van der Waals surface area contributed by atoms with E-state index in [1.807, 2.05) is 12.5 Å². The predicted octanol–water partition coefficient (Wildman–Crippen LogP) is 0.995. The van der Waals surface area contributed by atoms with Gasteiger partial charge in [0.25, 0.3) is 0 Å². The summed E-state index contributed by atoms with van der Waals surface area (Å²) in [7, 11) is 0. The Kier molecular flexibility index (Phi) is 0.918. The van der Waals surface area contributed by atoms with Crippen molar-refractivity contribution in [1.82, 2.24) is 9.55 Å². The fourth-order valence-electron chi connectivity index (χ4n) is 1.07. The largest absolute Gasteiger partial charge is 0.330 e. The Bertz CT molecular complexity index is 212. The topological polar surface area (TPSA) is 17.8 Å². The highest BCUT2D eigenvalue weighted by molar-refractivity contribution is 5.09. The molecule has 2 rings (SSSR count). The van der Waals surface area contributed by atoms with Gasteiger partial charge in [-0.1, -0.05) is 12.2 Å². The third kappa shape index (κ3) is 0.669. The maximum atomic E-state index is 4.03. The summed E-state index contributed by atoms with van der Waals surface area (Å²) in [5.41, 5.74) is 1.32. The highest BCUT2D eigenvalue weighted by Crippen LogP contribution is 2.05. The van der Waals surface area contributed by atoms with Crippen LogP contribution in [-0.2, 0) is 13.0 Å². The zero-order valence-electron chi connectivity index (χ0n) is 5.12. The van der Waals surface area contributed by atoms with Crippen LogP contribution in [0.15, 0.2) is 24.7 Å². The Balaban J connectivity index is 2.46. The first-order chi connectivity index (χ1) is 4.47. The molecule has 0 radical (unpaired) electrons. The number of nitrogens with zero attached hydrogens (tertiary/aromatic N) is 2. The van der Waals surface area contributed by atoms with Gasteiger partial charge in [-0.25, -0.2) is 4.98 Å². The van der Waals surface area contributed by atoms with E-state index in [4.69, 9.17) is 0 Å². The van der Waals surface area contributed by atoms with Crippen molar-refractivity contribution >= 4 is 0 Å². The minimum atomic E-state index is 0.995. The van der Waals surface area contributed by atoms with Crippen molar-refractivity contribution in [2.24, 2.45) is 0 Å². The van der Waals surface area contributed by atoms with Gasteiger partial charge in [-0.3, -0.25) is 0 Å². The fourth-order valence-corrected chi connectivity index (χ4v) is 1.07. The summed E-state index contributed by atoms with van der Waals surface area (Å²) >= 11 is 0. The highest BCUT2D eigenvalue weighted by atomic mass is 15.0. The van der Waals surface area contributed by atoms with Crippen LogP contribution < -0.4 is 0 Å². The minimum absolute atomic E-state index is 0.995. The monoisotopic (exact) mass is 120 g/mol. The highest BCUT2D eigenvalue weighted by Gasteiger charge is 2.00. The van der Waals surface area contributed by atoms with Gasteiger partial charge >= 0.3 is 0 Å². The van der Waals surface area contributed by atoms with Gasteiger partial charge in [0.05, 0.1) is 6.33 Å². The molecule has 46 valence electrons. The molecule has 0 amide bonds. The molecule has 0 fully saturated rings. The second-order valence-electron chi connectivity index (χ2n) is 2.21. The summed E-state index contributed by atoms with van der Waals surface area (Å²) in [4.78, 5) is 4.03. The van der Waals surface area contributed by atoms with Gasteiger partial charge in [-0.15, -0.1) is 0 Å². The van der Waals surface area contributed by atoms with Crippen LogP contribution in [0.25, 0.3) is 0 Å². The first-order valence-electron chi connectivity index (χ1n) is 3.11. The maximum absolute atomic E-state index is 4.03. The molecule has 2 nitrogen and oxygen atoms in total. The van der Waals surface area contributed by atoms with E-state index in [1.54, 1.807) is 0 Å². The summed E-state index contributed by atoms with van der Waals surface area (Å²) in [6, 6.07) is 0. The molecule has 0 saturated carbocycles. The van der Waals surface area contributed by atoms with E-state index in [1.165, 1.54) is 5.69 Å². The molecule has 0 spiro atoms. The van der Waals surface area contributed by atoms with E-state index in [0.29, 0.717) is 0 Å². The summed E-state index contributed by atoms with van der Waals surface area (Å²) in [6.45, 7) is 0.995. The van der Waals surface area contributed by atoms with Gasteiger partial charge < -0.3 is 4.57 Å². The van der Waals surface area contributed by atoms with Crippen LogP contribution in [0.3, 0.4) is 0 Å². The van der Waals surface area contributed by atoms with Crippen LogP contribution in [0.4, 0.5) is 0 Å². The molecule has 0 unspecified atom stereocenters. The minimum Gasteiger partial charge on any atom is -0.330 e. The van der Waals surface area contributed by atoms with E-state index < -0.39 is 0 Å². The van der Waals surface area contributed by atoms with Crippen molar-refractivity contribution < 1.29 is 0 Å². The van der Waals surface area contributed by atoms with Gasteiger partial charge in [0.2, 0.25) is 0 Å². The molecular weight excluding hydrogens is 112 g/mol. The molecular formula is C7H8N2. The molecule has 2 heteroatoms. The number of allylic oxidation sites excluding steroid dienone is 2. The van der Waals surface area contributed by atoms with Gasteiger partial charge in [-0.05, 0) is 0 Å².